The molecule has 1 aromatic rings. The van der Waals surface area contributed by atoms with Crippen LogP contribution in [0.3, 0.4) is 0 Å². The van der Waals surface area contributed by atoms with Gasteiger partial charge in [-0.05, 0) is 26.0 Å². The molecule has 0 aromatic carbocycles. The molecule has 7 nitrogen and oxygen atoms in total. The van der Waals surface area contributed by atoms with Crippen molar-refractivity contribution in [1.82, 2.24) is 15.3 Å². The van der Waals surface area contributed by atoms with Gasteiger partial charge in [0, 0.05) is 24.7 Å². The minimum Gasteiger partial charge on any atom is -0.465 e. The molecule has 1 aliphatic heterocycles. The lowest BCUT2D eigenvalue weighted by atomic mass is 9.90. The molecular weight excluding hydrogens is 280 g/mol. The number of nitrogens with zero attached hydrogens (tertiary/aromatic N) is 2. The lowest BCUT2D eigenvalue weighted by molar-refractivity contribution is 0.173. The van der Waals surface area contributed by atoms with E-state index < -0.39 is 11.6 Å². The van der Waals surface area contributed by atoms with Crippen molar-refractivity contribution in [3.05, 3.63) is 16.4 Å². The minimum absolute atomic E-state index is 0.170. The molecule has 0 bridgehead atoms. The van der Waals surface area contributed by atoms with Crippen molar-refractivity contribution in [1.29, 1.82) is 0 Å². The summed E-state index contributed by atoms with van der Waals surface area (Å²) in [5.74, 6) is 0.649. The van der Waals surface area contributed by atoms with Gasteiger partial charge in [-0.2, -0.15) is 0 Å². The average molecular weight is 298 g/mol. The molecule has 0 radical (unpaired) electrons. The summed E-state index contributed by atoms with van der Waals surface area (Å²) in [6.45, 7) is 3.24. The fourth-order valence-electron chi connectivity index (χ4n) is 2.29. The highest BCUT2D eigenvalue weighted by atomic mass is 32.2. The third-order valence-corrected chi connectivity index (χ3v) is 4.08. The third kappa shape index (κ3) is 3.44. The van der Waals surface area contributed by atoms with Crippen LogP contribution < -0.4 is 15.8 Å². The summed E-state index contributed by atoms with van der Waals surface area (Å²) in [7, 11) is 0. The van der Waals surface area contributed by atoms with E-state index in [-0.39, 0.29) is 5.56 Å². The van der Waals surface area contributed by atoms with Crippen LogP contribution in [0.5, 0.6) is 0 Å². The Kier molecular flexibility index (Phi) is 4.22. The number of amides is 1. The summed E-state index contributed by atoms with van der Waals surface area (Å²) in [5.41, 5.74) is -0.581. The molecule has 20 heavy (non-hydrogen) atoms. The van der Waals surface area contributed by atoms with Gasteiger partial charge >= 0.3 is 6.09 Å². The number of nitrogens with one attached hydrogen (secondary N) is 2. The maximum absolute atomic E-state index is 11.6. The second-order valence-corrected chi connectivity index (χ2v) is 5.89. The molecule has 3 N–H and O–H groups in total. The van der Waals surface area contributed by atoms with Crippen LogP contribution in [0.4, 0.5) is 10.6 Å². The maximum atomic E-state index is 11.6. The fourth-order valence-corrected chi connectivity index (χ4v) is 2.68. The summed E-state index contributed by atoms with van der Waals surface area (Å²) >= 11 is 1.39. The van der Waals surface area contributed by atoms with Gasteiger partial charge in [-0.15, -0.1) is 0 Å². The van der Waals surface area contributed by atoms with Gasteiger partial charge in [0.2, 0.25) is 0 Å². The van der Waals surface area contributed by atoms with Crippen LogP contribution in [-0.4, -0.2) is 46.1 Å². The molecule has 2 heterocycles. The zero-order chi connectivity index (χ0) is 14.8. The van der Waals surface area contributed by atoms with Gasteiger partial charge in [-0.25, -0.2) is 9.78 Å². The SMILES string of the molecule is CSc1nc(N2CCC(C)(NC(=O)O)CC2)cc(=O)[nH]1. The standard InChI is InChI=1S/C12H18N4O3S/c1-12(15-11(18)19)3-5-16(6-4-12)8-7-9(17)14-10(13-8)20-2/h7,15H,3-6H2,1-2H3,(H,18,19)(H,13,14,17). The molecular formula is C12H18N4O3S. The maximum Gasteiger partial charge on any atom is 0.405 e. The number of H-pyrrole nitrogens is 1. The van der Waals surface area contributed by atoms with Crippen LogP contribution in [0, 0.1) is 0 Å². The molecule has 0 atom stereocenters. The quantitative estimate of drug-likeness (QED) is 0.571. The van der Waals surface area contributed by atoms with Gasteiger partial charge in [0.25, 0.3) is 5.56 Å². The first-order valence-electron chi connectivity index (χ1n) is 6.33. The van der Waals surface area contributed by atoms with Crippen LogP contribution in [0.1, 0.15) is 19.8 Å². The Morgan fingerprint density at radius 2 is 2.20 bits per heavy atom. The van der Waals surface area contributed by atoms with E-state index in [9.17, 15) is 9.59 Å². The van der Waals surface area contributed by atoms with E-state index in [1.54, 1.807) is 0 Å². The molecule has 2 rings (SSSR count). The number of hydrogen-bond acceptors (Lipinski definition) is 5. The van der Waals surface area contributed by atoms with Crippen LogP contribution >= 0.6 is 11.8 Å². The van der Waals surface area contributed by atoms with Crippen molar-refractivity contribution < 1.29 is 9.90 Å². The number of piperidine rings is 1. The van der Waals surface area contributed by atoms with Crippen LogP contribution in [0.25, 0.3) is 0 Å². The molecule has 8 heteroatoms. The van der Waals surface area contributed by atoms with E-state index in [4.69, 9.17) is 5.11 Å². The molecule has 0 spiro atoms. The Balaban J connectivity index is 2.09. The first kappa shape index (κ1) is 14.7. The average Bonchev–Trinajstić information content (AvgIpc) is 2.37. The summed E-state index contributed by atoms with van der Waals surface area (Å²) in [5, 5.41) is 12.0. The predicted octanol–water partition coefficient (Wildman–Crippen LogP) is 1.12. The Hall–Kier alpha value is -1.70. The number of aromatic nitrogens is 2. The second-order valence-electron chi connectivity index (χ2n) is 5.09. The van der Waals surface area contributed by atoms with Gasteiger partial charge in [0.05, 0.1) is 0 Å². The van der Waals surface area contributed by atoms with Crippen molar-refractivity contribution in [2.45, 2.75) is 30.5 Å². The molecule has 0 unspecified atom stereocenters. The third-order valence-electron chi connectivity index (χ3n) is 3.50. The second kappa shape index (κ2) is 5.74. The Bertz CT molecular complexity index is 552. The first-order valence-corrected chi connectivity index (χ1v) is 7.56. The summed E-state index contributed by atoms with van der Waals surface area (Å²) < 4.78 is 0. The largest absolute Gasteiger partial charge is 0.465 e. The van der Waals surface area contributed by atoms with Crippen molar-refractivity contribution >= 4 is 23.7 Å². The number of hydrogen-bond donors (Lipinski definition) is 3. The van der Waals surface area contributed by atoms with Crippen molar-refractivity contribution in [3.8, 4) is 0 Å². The smallest absolute Gasteiger partial charge is 0.405 e. The number of rotatable bonds is 3. The van der Waals surface area contributed by atoms with Crippen LogP contribution in [0.2, 0.25) is 0 Å². The van der Waals surface area contributed by atoms with Gasteiger partial charge in [0.15, 0.2) is 5.16 Å². The highest BCUT2D eigenvalue weighted by Gasteiger charge is 2.32. The Labute approximate surface area is 120 Å². The number of aromatic amines is 1. The van der Waals surface area contributed by atoms with Crippen molar-refractivity contribution in [3.63, 3.8) is 0 Å². The van der Waals surface area contributed by atoms with Gasteiger partial charge in [-0.1, -0.05) is 11.8 Å². The van der Waals surface area contributed by atoms with Crippen LogP contribution in [0.15, 0.2) is 16.0 Å². The fraction of sp³-hybridized carbons (Fsp3) is 0.583. The molecule has 1 aliphatic rings. The summed E-state index contributed by atoms with van der Waals surface area (Å²) in [4.78, 5) is 31.4. The number of carboxylic acid groups (broad SMARTS) is 1. The lowest BCUT2D eigenvalue weighted by Gasteiger charge is -2.39. The normalized spacial score (nSPS) is 17.8. The van der Waals surface area contributed by atoms with E-state index in [1.165, 1.54) is 17.8 Å². The Morgan fingerprint density at radius 3 is 2.75 bits per heavy atom. The summed E-state index contributed by atoms with van der Waals surface area (Å²) in [6.07, 6.45) is 2.22. The predicted molar refractivity (Wildman–Crippen MR) is 77.7 cm³/mol. The van der Waals surface area contributed by atoms with Crippen molar-refractivity contribution in [2.24, 2.45) is 0 Å². The highest BCUT2D eigenvalue weighted by molar-refractivity contribution is 7.98. The molecule has 1 amide bonds. The molecule has 1 aromatic heterocycles. The van der Waals surface area contributed by atoms with Gasteiger partial charge < -0.3 is 20.3 Å². The molecule has 1 saturated heterocycles. The number of anilines is 1. The van der Waals surface area contributed by atoms with E-state index in [0.717, 1.165) is 0 Å². The van der Waals surface area contributed by atoms with Gasteiger partial charge in [-0.3, -0.25) is 4.79 Å². The zero-order valence-corrected chi connectivity index (χ0v) is 12.3. The molecule has 0 saturated carbocycles. The number of carbonyl (C=O) groups is 1. The topological polar surface area (TPSA) is 98.3 Å². The monoisotopic (exact) mass is 298 g/mol. The zero-order valence-electron chi connectivity index (χ0n) is 11.5. The highest BCUT2D eigenvalue weighted by Crippen LogP contribution is 2.25. The Morgan fingerprint density at radius 1 is 1.55 bits per heavy atom. The minimum atomic E-state index is -1.00. The number of thioether (sulfide) groups is 1. The van der Waals surface area contributed by atoms with E-state index >= 15 is 0 Å². The van der Waals surface area contributed by atoms with Crippen LogP contribution in [-0.2, 0) is 0 Å². The lowest BCUT2D eigenvalue weighted by Crippen LogP contribution is -2.53. The van der Waals surface area contributed by atoms with E-state index in [0.29, 0.717) is 36.9 Å². The molecule has 1 fully saturated rings. The molecule has 0 aliphatic carbocycles. The van der Waals surface area contributed by atoms with E-state index in [2.05, 4.69) is 15.3 Å². The van der Waals surface area contributed by atoms with E-state index in [1.807, 2.05) is 18.1 Å². The summed E-state index contributed by atoms with van der Waals surface area (Å²) in [6, 6.07) is 1.48. The molecule has 110 valence electrons. The first-order chi connectivity index (χ1) is 9.42. The van der Waals surface area contributed by atoms with Crippen molar-refractivity contribution in [2.75, 3.05) is 24.2 Å². The van der Waals surface area contributed by atoms with Gasteiger partial charge in [0.1, 0.15) is 5.82 Å².